The molecule has 2 aromatic rings. The number of benzene rings is 1. The molecule has 1 aromatic carbocycles. The van der Waals surface area contributed by atoms with E-state index in [1.54, 1.807) is 0 Å². The van der Waals surface area contributed by atoms with E-state index in [0.29, 0.717) is 6.42 Å². The molecule has 4 nitrogen and oxygen atoms in total. The standard InChI is InChI=1S/C10H10N2O2/c13-12(14)7-5-9-3-1-2-8-4-6-11-10(8)9/h1-4,6,11H,5,7H2. The highest BCUT2D eigenvalue weighted by Gasteiger charge is 2.04. The zero-order chi connectivity index (χ0) is 9.97. The summed E-state index contributed by atoms with van der Waals surface area (Å²) in [6.45, 7) is -0.0157. The van der Waals surface area contributed by atoms with E-state index in [2.05, 4.69) is 4.98 Å². The molecule has 2 rings (SSSR count). The molecule has 0 atom stereocenters. The zero-order valence-corrected chi connectivity index (χ0v) is 7.56. The second kappa shape index (κ2) is 3.49. The number of hydrogen-bond donors (Lipinski definition) is 1. The van der Waals surface area contributed by atoms with E-state index in [9.17, 15) is 10.1 Å². The van der Waals surface area contributed by atoms with Gasteiger partial charge in [-0.05, 0) is 17.0 Å². The van der Waals surface area contributed by atoms with Gasteiger partial charge in [-0.2, -0.15) is 0 Å². The summed E-state index contributed by atoms with van der Waals surface area (Å²) in [5, 5.41) is 11.3. The molecule has 1 aromatic heterocycles. The fraction of sp³-hybridized carbons (Fsp3) is 0.200. The molecule has 1 N–H and O–H groups in total. The van der Waals surface area contributed by atoms with Gasteiger partial charge in [0.1, 0.15) is 0 Å². The molecule has 0 aliphatic heterocycles. The van der Waals surface area contributed by atoms with Crippen molar-refractivity contribution in [2.24, 2.45) is 0 Å². The fourth-order valence-electron chi connectivity index (χ4n) is 1.57. The van der Waals surface area contributed by atoms with Crippen LogP contribution in [-0.4, -0.2) is 16.5 Å². The summed E-state index contributed by atoms with van der Waals surface area (Å²) in [5.41, 5.74) is 2.01. The van der Waals surface area contributed by atoms with Crippen LogP contribution in [0.1, 0.15) is 5.56 Å². The van der Waals surface area contributed by atoms with E-state index in [4.69, 9.17) is 0 Å². The van der Waals surface area contributed by atoms with Crippen LogP contribution in [0.2, 0.25) is 0 Å². The van der Waals surface area contributed by atoms with Gasteiger partial charge in [0.05, 0.1) is 0 Å². The Morgan fingerprint density at radius 2 is 2.21 bits per heavy atom. The van der Waals surface area contributed by atoms with Crippen LogP contribution in [0.4, 0.5) is 0 Å². The summed E-state index contributed by atoms with van der Waals surface area (Å²) in [5.74, 6) is 0. The van der Waals surface area contributed by atoms with Crippen molar-refractivity contribution in [1.29, 1.82) is 0 Å². The average molecular weight is 190 g/mol. The van der Waals surface area contributed by atoms with E-state index >= 15 is 0 Å². The van der Waals surface area contributed by atoms with E-state index in [-0.39, 0.29) is 11.5 Å². The fourth-order valence-corrected chi connectivity index (χ4v) is 1.57. The summed E-state index contributed by atoms with van der Waals surface area (Å²) < 4.78 is 0. The molecule has 4 heteroatoms. The molecule has 0 aliphatic rings. The number of fused-ring (bicyclic) bond motifs is 1. The predicted molar refractivity (Wildman–Crippen MR) is 53.9 cm³/mol. The molecule has 0 saturated carbocycles. The summed E-state index contributed by atoms with van der Waals surface area (Å²) in [6, 6.07) is 7.79. The highest BCUT2D eigenvalue weighted by atomic mass is 16.6. The largest absolute Gasteiger partial charge is 0.361 e. The Balaban J connectivity index is 2.32. The van der Waals surface area contributed by atoms with Crippen LogP contribution >= 0.6 is 0 Å². The number of nitrogens with one attached hydrogen (secondary N) is 1. The van der Waals surface area contributed by atoms with Crippen LogP contribution in [0.3, 0.4) is 0 Å². The second-order valence-corrected chi connectivity index (χ2v) is 3.17. The van der Waals surface area contributed by atoms with Gasteiger partial charge in [0.2, 0.25) is 6.54 Å². The Kier molecular flexibility index (Phi) is 2.18. The SMILES string of the molecule is O=[N+]([O-])CCc1cccc2cc[nH]c12. The van der Waals surface area contributed by atoms with Crippen molar-refractivity contribution in [2.45, 2.75) is 6.42 Å². The monoisotopic (exact) mass is 190 g/mol. The van der Waals surface area contributed by atoms with E-state index in [0.717, 1.165) is 16.5 Å². The Labute approximate surface area is 80.7 Å². The number of hydrogen-bond acceptors (Lipinski definition) is 2. The number of nitrogens with zero attached hydrogens (tertiary/aromatic N) is 1. The van der Waals surface area contributed by atoms with Gasteiger partial charge in [-0.1, -0.05) is 18.2 Å². The lowest BCUT2D eigenvalue weighted by Crippen LogP contribution is -2.04. The Hall–Kier alpha value is -1.84. The zero-order valence-electron chi connectivity index (χ0n) is 7.56. The van der Waals surface area contributed by atoms with Crippen molar-refractivity contribution in [1.82, 2.24) is 4.98 Å². The van der Waals surface area contributed by atoms with Crippen molar-refractivity contribution in [2.75, 3.05) is 6.54 Å². The average Bonchev–Trinajstić information content (AvgIpc) is 2.62. The molecule has 0 spiro atoms. The number of rotatable bonds is 3. The third-order valence-corrected chi connectivity index (χ3v) is 2.24. The molecule has 0 bridgehead atoms. The maximum atomic E-state index is 10.2. The number of para-hydroxylation sites is 1. The first kappa shape index (κ1) is 8.74. The van der Waals surface area contributed by atoms with E-state index in [1.807, 2.05) is 30.5 Å². The molecule has 14 heavy (non-hydrogen) atoms. The molecule has 0 fully saturated rings. The molecule has 0 unspecified atom stereocenters. The maximum Gasteiger partial charge on any atom is 0.207 e. The summed E-state index contributed by atoms with van der Waals surface area (Å²) in [6.07, 6.45) is 2.32. The van der Waals surface area contributed by atoms with Crippen LogP contribution < -0.4 is 0 Å². The second-order valence-electron chi connectivity index (χ2n) is 3.17. The van der Waals surface area contributed by atoms with E-state index < -0.39 is 0 Å². The van der Waals surface area contributed by atoms with Gasteiger partial charge >= 0.3 is 0 Å². The normalized spacial score (nSPS) is 10.6. The number of aromatic nitrogens is 1. The lowest BCUT2D eigenvalue weighted by atomic mass is 10.1. The molecule has 0 saturated heterocycles. The minimum Gasteiger partial charge on any atom is -0.361 e. The topological polar surface area (TPSA) is 58.9 Å². The first-order valence-electron chi connectivity index (χ1n) is 4.44. The van der Waals surface area contributed by atoms with Gasteiger partial charge in [0.15, 0.2) is 0 Å². The first-order valence-corrected chi connectivity index (χ1v) is 4.44. The molecule has 0 amide bonds. The Morgan fingerprint density at radius 3 is 3.00 bits per heavy atom. The summed E-state index contributed by atoms with van der Waals surface area (Å²) in [7, 11) is 0. The molecule has 72 valence electrons. The lowest BCUT2D eigenvalue weighted by Gasteiger charge is -1.99. The van der Waals surface area contributed by atoms with Crippen molar-refractivity contribution in [3.63, 3.8) is 0 Å². The molecule has 0 radical (unpaired) electrons. The van der Waals surface area contributed by atoms with Crippen LogP contribution in [-0.2, 0) is 6.42 Å². The van der Waals surface area contributed by atoms with Gasteiger partial charge in [-0.25, -0.2) is 0 Å². The molecule has 1 heterocycles. The number of H-pyrrole nitrogens is 1. The minimum absolute atomic E-state index is 0.0157. The van der Waals surface area contributed by atoms with Gasteiger partial charge in [0.25, 0.3) is 0 Å². The number of aromatic amines is 1. The van der Waals surface area contributed by atoms with Crippen molar-refractivity contribution >= 4 is 10.9 Å². The lowest BCUT2D eigenvalue weighted by molar-refractivity contribution is -0.479. The highest BCUT2D eigenvalue weighted by molar-refractivity contribution is 5.82. The first-order chi connectivity index (χ1) is 6.77. The molecule has 0 aliphatic carbocycles. The van der Waals surface area contributed by atoms with Crippen LogP contribution in [0, 0.1) is 10.1 Å². The minimum atomic E-state index is -0.290. The molecular weight excluding hydrogens is 180 g/mol. The summed E-state index contributed by atoms with van der Waals surface area (Å²) >= 11 is 0. The van der Waals surface area contributed by atoms with Crippen LogP contribution in [0.15, 0.2) is 30.5 Å². The Morgan fingerprint density at radius 1 is 1.36 bits per heavy atom. The third kappa shape index (κ3) is 1.59. The smallest absolute Gasteiger partial charge is 0.207 e. The van der Waals surface area contributed by atoms with Gasteiger partial charge in [0, 0.05) is 23.1 Å². The number of nitro groups is 1. The third-order valence-electron chi connectivity index (χ3n) is 2.24. The van der Waals surface area contributed by atoms with E-state index in [1.165, 1.54) is 0 Å². The van der Waals surface area contributed by atoms with Crippen molar-refractivity contribution < 1.29 is 4.92 Å². The van der Waals surface area contributed by atoms with Crippen molar-refractivity contribution in [3.8, 4) is 0 Å². The van der Waals surface area contributed by atoms with Gasteiger partial charge in [-0.15, -0.1) is 0 Å². The summed E-state index contributed by atoms with van der Waals surface area (Å²) in [4.78, 5) is 13.0. The van der Waals surface area contributed by atoms with Crippen molar-refractivity contribution in [3.05, 3.63) is 46.1 Å². The predicted octanol–water partition coefficient (Wildman–Crippen LogP) is 1.99. The van der Waals surface area contributed by atoms with Gasteiger partial charge < -0.3 is 4.98 Å². The highest BCUT2D eigenvalue weighted by Crippen LogP contribution is 2.17. The quantitative estimate of drug-likeness (QED) is 0.594. The Bertz CT molecular complexity index is 462. The van der Waals surface area contributed by atoms with Crippen LogP contribution in [0.5, 0.6) is 0 Å². The van der Waals surface area contributed by atoms with Crippen LogP contribution in [0.25, 0.3) is 10.9 Å². The van der Waals surface area contributed by atoms with Gasteiger partial charge in [-0.3, -0.25) is 10.1 Å². The molecular formula is C10H10N2O2. The maximum absolute atomic E-state index is 10.2.